The summed E-state index contributed by atoms with van der Waals surface area (Å²) < 4.78 is 0. The molecular formula is C132H84N6. The van der Waals surface area contributed by atoms with Crippen LogP contribution in [0.4, 0.5) is 0 Å². The zero-order valence-corrected chi connectivity index (χ0v) is 75.2. The number of benzene rings is 19. The van der Waals surface area contributed by atoms with E-state index in [1.807, 2.05) is 0 Å². The summed E-state index contributed by atoms with van der Waals surface area (Å²) in [7, 11) is 0. The van der Waals surface area contributed by atoms with E-state index in [4.69, 9.17) is 0 Å². The smallest absolute Gasteiger partial charge is 0.115 e. The van der Waals surface area contributed by atoms with Gasteiger partial charge in [0.15, 0.2) is 0 Å². The number of hydrogen-bond donors (Lipinski definition) is 0. The van der Waals surface area contributed by atoms with Gasteiger partial charge in [0.2, 0.25) is 0 Å². The summed E-state index contributed by atoms with van der Waals surface area (Å²) >= 11 is 0. The van der Waals surface area contributed by atoms with Crippen LogP contribution in [0.5, 0.6) is 0 Å². The zero-order valence-electron chi connectivity index (χ0n) is 75.2. The standard InChI is InChI=1S/C132H84N6/c1-10-28-97(29-11-1)100-64-70-112(71-65-100)130-124(106-40-22-7-23-41-106)121(79-118(103-34-16-4-17-35-103)127(130)109-58-52-91(53-59-109)46-49-94-82-133-88-134-83-94)115-76-116(122-80-119(104-36-18-5-19-37-104)128(110-60-54-92(55-61-110)47-50-95-84-135-89-136-85-95)131(125(122)107-42-24-8-25-43-107)113-72-66-101(67-73-113)98-30-12-2-13-31-98)78-117(77-115)123-81-120(105-38-20-6-21-39-105)129(111-62-56-93(57-63-111)48-51-96-86-137-90-138-87-96)132(126(123)108-44-26-9-27-45-108)114-74-68-102(69-75-114)99-32-14-3-15-33-99/h1-45,52-90H. The van der Waals surface area contributed by atoms with Crippen LogP contribution in [0.15, 0.2) is 511 Å². The molecule has 642 valence electrons. The Balaban J connectivity index is 0.909. The van der Waals surface area contributed by atoms with Crippen LogP contribution < -0.4 is 0 Å². The molecule has 0 radical (unpaired) electrons. The fraction of sp³-hybridized carbons (Fsp3) is 0. The van der Waals surface area contributed by atoms with Crippen LogP contribution in [0.3, 0.4) is 0 Å². The first-order valence-corrected chi connectivity index (χ1v) is 46.2. The molecular weight excluding hydrogens is 1670 g/mol. The molecule has 0 unspecified atom stereocenters. The molecule has 0 N–H and O–H groups in total. The Kier molecular flexibility index (Phi) is 24.1. The van der Waals surface area contributed by atoms with Gasteiger partial charge in [-0.2, -0.15) is 0 Å². The first-order valence-electron chi connectivity index (χ1n) is 46.2. The molecule has 6 heteroatoms. The quantitative estimate of drug-likeness (QED) is 0.0797. The van der Waals surface area contributed by atoms with E-state index in [1.54, 1.807) is 37.2 Å². The van der Waals surface area contributed by atoms with Crippen molar-refractivity contribution in [3.63, 3.8) is 0 Å². The predicted molar refractivity (Wildman–Crippen MR) is 568 cm³/mol. The summed E-state index contributed by atoms with van der Waals surface area (Å²) in [4.78, 5) is 25.8. The summed E-state index contributed by atoms with van der Waals surface area (Å²) in [6.45, 7) is 0. The third kappa shape index (κ3) is 18.0. The molecule has 0 aliphatic heterocycles. The van der Waals surface area contributed by atoms with Crippen LogP contribution in [-0.4, -0.2) is 29.9 Å². The van der Waals surface area contributed by atoms with Crippen LogP contribution in [0, 0.1) is 35.5 Å². The van der Waals surface area contributed by atoms with Crippen molar-refractivity contribution >= 4 is 0 Å². The third-order valence-electron chi connectivity index (χ3n) is 25.4. The molecule has 22 rings (SSSR count). The van der Waals surface area contributed by atoms with Gasteiger partial charge >= 0.3 is 0 Å². The second-order valence-corrected chi connectivity index (χ2v) is 34.0. The number of rotatable bonds is 18. The number of hydrogen-bond acceptors (Lipinski definition) is 6. The minimum Gasteiger partial charge on any atom is -0.244 e. The van der Waals surface area contributed by atoms with Gasteiger partial charge in [-0.25, -0.2) is 29.9 Å². The van der Waals surface area contributed by atoms with Gasteiger partial charge in [0, 0.05) is 53.9 Å². The lowest BCUT2D eigenvalue weighted by Crippen LogP contribution is -2.01. The molecule has 3 aromatic heterocycles. The fourth-order valence-electron chi connectivity index (χ4n) is 18.9. The fourth-order valence-corrected chi connectivity index (χ4v) is 18.9. The first-order chi connectivity index (χ1) is 68.4. The van der Waals surface area contributed by atoms with E-state index in [2.05, 4.69) is 520 Å². The Morgan fingerprint density at radius 3 is 0.464 bits per heavy atom. The maximum absolute atomic E-state index is 4.29. The van der Waals surface area contributed by atoms with Crippen molar-refractivity contribution in [1.82, 2.24) is 29.9 Å². The maximum atomic E-state index is 4.29. The van der Waals surface area contributed by atoms with Crippen molar-refractivity contribution in [3.8, 4) is 236 Å². The zero-order chi connectivity index (χ0) is 92.1. The van der Waals surface area contributed by atoms with E-state index >= 15 is 0 Å². The minimum absolute atomic E-state index is 0.733. The number of aromatic nitrogens is 6. The molecule has 138 heavy (non-hydrogen) atoms. The Morgan fingerprint density at radius 1 is 0.109 bits per heavy atom. The van der Waals surface area contributed by atoms with Gasteiger partial charge in [-0.1, -0.05) is 418 Å². The molecule has 3 heterocycles. The third-order valence-corrected chi connectivity index (χ3v) is 25.4. The summed E-state index contributed by atoms with van der Waals surface area (Å²) in [5, 5.41) is 0. The Morgan fingerprint density at radius 2 is 0.254 bits per heavy atom. The predicted octanol–water partition coefficient (Wildman–Crippen LogP) is 32.3. The monoisotopic (exact) mass is 1750 g/mol. The lowest BCUT2D eigenvalue weighted by molar-refractivity contribution is 1.16. The Bertz CT molecular complexity index is 7520. The minimum atomic E-state index is 0.733. The van der Waals surface area contributed by atoms with Crippen LogP contribution in [0.25, 0.3) is 200 Å². The summed E-state index contributed by atoms with van der Waals surface area (Å²) in [5.41, 5.74) is 42.6. The van der Waals surface area contributed by atoms with Crippen molar-refractivity contribution in [2.45, 2.75) is 0 Å². The molecule has 0 aliphatic rings. The van der Waals surface area contributed by atoms with Crippen LogP contribution in [-0.2, 0) is 0 Å². The van der Waals surface area contributed by atoms with Gasteiger partial charge in [-0.3, -0.25) is 0 Å². The molecule has 19 aromatic carbocycles. The second kappa shape index (κ2) is 39.3. The van der Waals surface area contributed by atoms with E-state index in [9.17, 15) is 0 Å². The molecule has 22 aromatic rings. The molecule has 0 atom stereocenters. The number of nitrogens with zero attached hydrogens (tertiary/aromatic N) is 6. The molecule has 0 bridgehead atoms. The average Bonchev–Trinajstić information content (AvgIpc) is 0.717. The maximum Gasteiger partial charge on any atom is 0.115 e. The van der Waals surface area contributed by atoms with Crippen molar-refractivity contribution in [1.29, 1.82) is 0 Å². The SMILES string of the molecule is C(#Cc1cncnc1)c1ccc(-c2c(-c3ccccc3)cc(-c3cc(-c4cc(-c5ccccc5)c(-c5ccc(C#Cc6cncnc6)cc5)c(-c5ccc(-c6ccccc6)cc5)c4-c4ccccc4)cc(-c4cc(-c5ccccc5)c(-c5ccc(C#Cc6cncnc6)cc5)c(-c5ccc(-c6ccccc6)cc5)c4-c4ccccc4)c3)c(-c3ccccc3)c2-c2ccc(-c3ccccc3)cc2)cc1. The van der Waals surface area contributed by atoms with Gasteiger partial charge in [0.25, 0.3) is 0 Å². The summed E-state index contributed by atoms with van der Waals surface area (Å²) in [5.74, 6) is 20.4. The second-order valence-electron chi connectivity index (χ2n) is 34.0. The summed E-state index contributed by atoms with van der Waals surface area (Å²) in [6.07, 6.45) is 15.1. The van der Waals surface area contributed by atoms with Gasteiger partial charge in [-0.05, 0) is 273 Å². The molecule has 0 amide bonds. The molecule has 0 saturated carbocycles. The van der Waals surface area contributed by atoms with E-state index in [1.165, 1.54) is 19.0 Å². The van der Waals surface area contributed by atoms with Crippen molar-refractivity contribution in [3.05, 3.63) is 545 Å². The highest BCUT2D eigenvalue weighted by molar-refractivity contribution is 6.13. The van der Waals surface area contributed by atoms with Gasteiger partial charge in [0.05, 0.1) is 16.7 Å². The van der Waals surface area contributed by atoms with Crippen molar-refractivity contribution in [2.75, 3.05) is 0 Å². The van der Waals surface area contributed by atoms with E-state index < -0.39 is 0 Å². The summed E-state index contributed by atoms with van der Waals surface area (Å²) in [6, 6.07) is 167. The van der Waals surface area contributed by atoms with E-state index in [0.29, 0.717) is 0 Å². The highest BCUT2D eigenvalue weighted by Crippen LogP contribution is 2.57. The van der Waals surface area contributed by atoms with Gasteiger partial charge in [0.1, 0.15) is 19.0 Å². The van der Waals surface area contributed by atoms with Gasteiger partial charge < -0.3 is 0 Å². The largest absolute Gasteiger partial charge is 0.244 e. The molecule has 0 saturated heterocycles. The normalized spacial score (nSPS) is 10.9. The highest BCUT2D eigenvalue weighted by Gasteiger charge is 2.31. The molecule has 0 spiro atoms. The molecule has 0 aliphatic carbocycles. The Hall–Kier alpha value is -18.9. The lowest BCUT2D eigenvalue weighted by Gasteiger charge is -2.27. The van der Waals surface area contributed by atoms with E-state index in [0.717, 1.165) is 234 Å². The van der Waals surface area contributed by atoms with E-state index in [-0.39, 0.29) is 0 Å². The van der Waals surface area contributed by atoms with Crippen LogP contribution in [0.1, 0.15) is 33.4 Å². The molecule has 0 fully saturated rings. The topological polar surface area (TPSA) is 77.3 Å². The van der Waals surface area contributed by atoms with Crippen molar-refractivity contribution in [2.24, 2.45) is 0 Å². The first kappa shape index (κ1) is 84.6. The lowest BCUT2D eigenvalue weighted by atomic mass is 9.75. The average molecular weight is 1750 g/mol. The highest BCUT2D eigenvalue weighted by atomic mass is 14.8. The van der Waals surface area contributed by atoms with Crippen LogP contribution in [0.2, 0.25) is 0 Å². The Labute approximate surface area is 804 Å². The van der Waals surface area contributed by atoms with Gasteiger partial charge in [-0.15, -0.1) is 0 Å². The van der Waals surface area contributed by atoms with Crippen LogP contribution >= 0.6 is 0 Å². The van der Waals surface area contributed by atoms with Crippen molar-refractivity contribution < 1.29 is 0 Å². The molecule has 6 nitrogen and oxygen atoms in total.